The van der Waals surface area contributed by atoms with E-state index in [0.717, 1.165) is 5.39 Å². The van der Waals surface area contributed by atoms with E-state index in [1.807, 2.05) is 24.3 Å². The largest absolute Gasteiger partial charge is 0.384 e. The van der Waals surface area contributed by atoms with Crippen molar-refractivity contribution in [3.63, 3.8) is 0 Å². The SMILES string of the molecule is Nc1cc(C(=O)Nc2ccc(Cl)cn2)c2ccccc2n1. The van der Waals surface area contributed by atoms with Gasteiger partial charge in [0.25, 0.3) is 5.91 Å². The highest BCUT2D eigenvalue weighted by molar-refractivity contribution is 6.30. The van der Waals surface area contributed by atoms with E-state index in [1.165, 1.54) is 6.20 Å². The number of carbonyl (C=O) groups excluding carboxylic acids is 1. The van der Waals surface area contributed by atoms with Crippen LogP contribution in [0.5, 0.6) is 0 Å². The van der Waals surface area contributed by atoms with E-state index < -0.39 is 0 Å². The molecule has 0 unspecified atom stereocenters. The third-order valence-corrected chi connectivity index (χ3v) is 3.17. The molecule has 3 aromatic rings. The Kier molecular flexibility index (Phi) is 3.41. The molecule has 0 saturated heterocycles. The summed E-state index contributed by atoms with van der Waals surface area (Å²) in [7, 11) is 0. The number of benzene rings is 1. The van der Waals surface area contributed by atoms with E-state index in [2.05, 4.69) is 15.3 Å². The van der Waals surface area contributed by atoms with Crippen molar-refractivity contribution in [3.05, 3.63) is 59.2 Å². The first-order chi connectivity index (χ1) is 10.1. The maximum Gasteiger partial charge on any atom is 0.257 e. The van der Waals surface area contributed by atoms with Gasteiger partial charge >= 0.3 is 0 Å². The summed E-state index contributed by atoms with van der Waals surface area (Å²) in [5.41, 5.74) is 6.88. The van der Waals surface area contributed by atoms with Crippen molar-refractivity contribution >= 4 is 40.0 Å². The Morgan fingerprint density at radius 1 is 1.19 bits per heavy atom. The van der Waals surface area contributed by atoms with Crippen molar-refractivity contribution in [2.45, 2.75) is 0 Å². The van der Waals surface area contributed by atoms with Crippen molar-refractivity contribution in [2.75, 3.05) is 11.1 Å². The van der Waals surface area contributed by atoms with Crippen LogP contribution in [0.25, 0.3) is 10.9 Å². The van der Waals surface area contributed by atoms with Crippen LogP contribution in [0.1, 0.15) is 10.4 Å². The maximum atomic E-state index is 12.4. The molecule has 0 bridgehead atoms. The Balaban J connectivity index is 1.99. The van der Waals surface area contributed by atoms with Gasteiger partial charge in [-0.05, 0) is 24.3 Å². The molecule has 0 saturated carbocycles. The summed E-state index contributed by atoms with van der Waals surface area (Å²) in [6, 6.07) is 12.2. The van der Waals surface area contributed by atoms with Gasteiger partial charge < -0.3 is 11.1 Å². The Morgan fingerprint density at radius 2 is 2.00 bits per heavy atom. The number of carbonyl (C=O) groups is 1. The smallest absolute Gasteiger partial charge is 0.257 e. The fourth-order valence-corrected chi connectivity index (χ4v) is 2.13. The predicted molar refractivity (Wildman–Crippen MR) is 83.4 cm³/mol. The molecule has 1 amide bonds. The van der Waals surface area contributed by atoms with Crippen molar-refractivity contribution in [1.82, 2.24) is 9.97 Å². The summed E-state index contributed by atoms with van der Waals surface area (Å²) in [6.45, 7) is 0. The monoisotopic (exact) mass is 298 g/mol. The second-order valence-electron chi connectivity index (χ2n) is 4.43. The topological polar surface area (TPSA) is 80.9 Å². The summed E-state index contributed by atoms with van der Waals surface area (Å²) in [5, 5.41) is 3.95. The Bertz CT molecular complexity index is 818. The first kappa shape index (κ1) is 13.3. The van der Waals surface area contributed by atoms with Gasteiger partial charge in [0, 0.05) is 11.6 Å². The number of nitrogens with zero attached hydrogens (tertiary/aromatic N) is 2. The zero-order chi connectivity index (χ0) is 14.8. The molecule has 0 fully saturated rings. The van der Waals surface area contributed by atoms with E-state index in [4.69, 9.17) is 17.3 Å². The fraction of sp³-hybridized carbons (Fsp3) is 0. The average molecular weight is 299 g/mol. The number of halogens is 1. The average Bonchev–Trinajstić information content (AvgIpc) is 2.48. The molecule has 2 aromatic heterocycles. The molecule has 3 N–H and O–H groups in total. The number of pyridine rings is 2. The minimum atomic E-state index is -0.296. The predicted octanol–water partition coefficient (Wildman–Crippen LogP) is 3.12. The second kappa shape index (κ2) is 5.38. The molecule has 6 heteroatoms. The molecule has 0 aliphatic rings. The van der Waals surface area contributed by atoms with Crippen LogP contribution in [0, 0.1) is 0 Å². The molecule has 0 radical (unpaired) electrons. The summed E-state index contributed by atoms with van der Waals surface area (Å²) in [4.78, 5) is 20.6. The number of nitrogens with two attached hydrogens (primary N) is 1. The number of fused-ring (bicyclic) bond motifs is 1. The number of amides is 1. The van der Waals surface area contributed by atoms with Crippen LogP contribution < -0.4 is 11.1 Å². The van der Waals surface area contributed by atoms with E-state index in [1.54, 1.807) is 18.2 Å². The number of hydrogen-bond acceptors (Lipinski definition) is 4. The van der Waals surface area contributed by atoms with E-state index >= 15 is 0 Å². The first-order valence-corrected chi connectivity index (χ1v) is 6.59. The zero-order valence-corrected chi connectivity index (χ0v) is 11.6. The molecular formula is C15H11ClN4O. The number of aromatic nitrogens is 2. The van der Waals surface area contributed by atoms with Gasteiger partial charge in [0.15, 0.2) is 0 Å². The second-order valence-corrected chi connectivity index (χ2v) is 4.86. The summed E-state index contributed by atoms with van der Waals surface area (Å²) in [6.07, 6.45) is 1.47. The van der Waals surface area contributed by atoms with Crippen molar-refractivity contribution in [1.29, 1.82) is 0 Å². The number of nitrogen functional groups attached to an aromatic ring is 1. The van der Waals surface area contributed by atoms with Crippen molar-refractivity contribution < 1.29 is 4.79 Å². The first-order valence-electron chi connectivity index (χ1n) is 6.21. The van der Waals surface area contributed by atoms with Gasteiger partial charge in [0.2, 0.25) is 0 Å². The third kappa shape index (κ3) is 2.78. The molecule has 104 valence electrons. The molecule has 2 heterocycles. The Labute approximate surface area is 125 Å². The van der Waals surface area contributed by atoms with Crippen LogP contribution in [0.3, 0.4) is 0 Å². The molecule has 0 atom stereocenters. The van der Waals surface area contributed by atoms with Gasteiger partial charge in [-0.15, -0.1) is 0 Å². The zero-order valence-electron chi connectivity index (χ0n) is 10.9. The quantitative estimate of drug-likeness (QED) is 0.761. The number of anilines is 2. The summed E-state index contributed by atoms with van der Waals surface area (Å²) < 4.78 is 0. The minimum Gasteiger partial charge on any atom is -0.384 e. The highest BCUT2D eigenvalue weighted by atomic mass is 35.5. The van der Waals surface area contributed by atoms with Gasteiger partial charge in [0.1, 0.15) is 11.6 Å². The number of nitrogens with one attached hydrogen (secondary N) is 1. The number of hydrogen-bond donors (Lipinski definition) is 2. The molecule has 0 aliphatic heterocycles. The molecule has 5 nitrogen and oxygen atoms in total. The normalized spacial score (nSPS) is 10.5. The number of rotatable bonds is 2. The van der Waals surface area contributed by atoms with Crippen LogP contribution in [-0.2, 0) is 0 Å². The third-order valence-electron chi connectivity index (χ3n) is 2.95. The van der Waals surface area contributed by atoms with Crippen LogP contribution in [0.2, 0.25) is 5.02 Å². The molecule has 21 heavy (non-hydrogen) atoms. The number of para-hydroxylation sites is 1. The molecule has 3 rings (SSSR count). The lowest BCUT2D eigenvalue weighted by molar-refractivity contribution is 0.102. The maximum absolute atomic E-state index is 12.4. The lowest BCUT2D eigenvalue weighted by Gasteiger charge is -2.08. The summed E-state index contributed by atoms with van der Waals surface area (Å²) in [5.74, 6) is 0.418. The molecule has 0 spiro atoms. The molecular weight excluding hydrogens is 288 g/mol. The van der Waals surface area contributed by atoms with Crippen molar-refractivity contribution in [3.8, 4) is 0 Å². The van der Waals surface area contributed by atoms with Crippen molar-refractivity contribution in [2.24, 2.45) is 0 Å². The van der Waals surface area contributed by atoms with Crippen LogP contribution in [0.15, 0.2) is 48.7 Å². The van der Waals surface area contributed by atoms with Crippen LogP contribution in [-0.4, -0.2) is 15.9 Å². The minimum absolute atomic E-state index is 0.294. The fourth-order valence-electron chi connectivity index (χ4n) is 2.02. The lowest BCUT2D eigenvalue weighted by atomic mass is 10.1. The van der Waals surface area contributed by atoms with Gasteiger partial charge in [-0.3, -0.25) is 4.79 Å². The Morgan fingerprint density at radius 3 is 2.76 bits per heavy atom. The van der Waals surface area contributed by atoms with E-state index in [-0.39, 0.29) is 5.91 Å². The van der Waals surface area contributed by atoms with Crippen LogP contribution in [0.4, 0.5) is 11.6 Å². The van der Waals surface area contributed by atoms with Gasteiger partial charge in [-0.2, -0.15) is 0 Å². The van der Waals surface area contributed by atoms with Crippen LogP contribution >= 0.6 is 11.6 Å². The highest BCUT2D eigenvalue weighted by Gasteiger charge is 2.12. The Hall–Kier alpha value is -2.66. The van der Waals surface area contributed by atoms with Gasteiger partial charge in [-0.25, -0.2) is 9.97 Å². The van der Waals surface area contributed by atoms with E-state index in [0.29, 0.717) is 27.7 Å². The van der Waals surface area contributed by atoms with Gasteiger partial charge in [-0.1, -0.05) is 29.8 Å². The van der Waals surface area contributed by atoms with Gasteiger partial charge in [0.05, 0.1) is 16.1 Å². The standard InChI is InChI=1S/C15H11ClN4O/c16-9-5-6-14(18-8-9)20-15(21)11-7-13(17)19-12-4-2-1-3-10(11)12/h1-8H,(H2,17,19)(H,18,20,21). The summed E-state index contributed by atoms with van der Waals surface area (Å²) >= 11 is 5.76. The van der Waals surface area contributed by atoms with E-state index in [9.17, 15) is 4.79 Å². The molecule has 1 aromatic carbocycles. The highest BCUT2D eigenvalue weighted by Crippen LogP contribution is 2.20. The molecule has 0 aliphatic carbocycles. The lowest BCUT2D eigenvalue weighted by Crippen LogP contribution is -2.14.